The van der Waals surface area contributed by atoms with Gasteiger partial charge in [-0.2, -0.15) is 13.1 Å². The molecule has 0 bridgehead atoms. The minimum Gasteiger partial charge on any atom is -0.446 e. The average molecular weight is 267 g/mol. The van der Waals surface area contributed by atoms with E-state index in [0.29, 0.717) is 6.42 Å². The van der Waals surface area contributed by atoms with Crippen LogP contribution in [0.3, 0.4) is 0 Å². The zero-order chi connectivity index (χ0) is 13.6. The summed E-state index contributed by atoms with van der Waals surface area (Å²) >= 11 is 0. The summed E-state index contributed by atoms with van der Waals surface area (Å²) in [6, 6.07) is -0.491. The van der Waals surface area contributed by atoms with Crippen molar-refractivity contribution < 1.29 is 17.9 Å². The van der Waals surface area contributed by atoms with Gasteiger partial charge in [0, 0.05) is 12.1 Å². The molecule has 102 valence electrons. The van der Waals surface area contributed by atoms with Gasteiger partial charge in [-0.05, 0) is 34.1 Å². The highest BCUT2D eigenvalue weighted by Crippen LogP contribution is 1.97. The van der Waals surface area contributed by atoms with Crippen molar-refractivity contribution >= 4 is 16.3 Å². The lowest BCUT2D eigenvalue weighted by molar-refractivity contribution is 0.121. The molecular weight excluding hydrogens is 246 g/mol. The van der Waals surface area contributed by atoms with E-state index in [1.54, 1.807) is 32.4 Å². The van der Waals surface area contributed by atoms with Crippen LogP contribution in [0.25, 0.3) is 0 Å². The maximum atomic E-state index is 11.5. The van der Waals surface area contributed by atoms with Crippen molar-refractivity contribution in [2.24, 2.45) is 5.73 Å². The van der Waals surface area contributed by atoms with Crippen LogP contribution in [0.5, 0.6) is 0 Å². The Morgan fingerprint density at radius 3 is 2.24 bits per heavy atom. The van der Waals surface area contributed by atoms with Crippen LogP contribution in [0.15, 0.2) is 0 Å². The molecule has 0 heterocycles. The maximum Gasteiger partial charge on any atom is 0.422 e. The first-order chi connectivity index (χ1) is 7.62. The van der Waals surface area contributed by atoms with E-state index in [-0.39, 0.29) is 18.2 Å². The number of carbonyl (C=O) groups excluding carboxylic acids is 1. The van der Waals surface area contributed by atoms with E-state index in [2.05, 4.69) is 9.46 Å². The molecule has 0 saturated carbocycles. The summed E-state index contributed by atoms with van der Waals surface area (Å²) in [6.45, 7) is 6.68. The Kier molecular flexibility index (Phi) is 6.43. The Morgan fingerprint density at radius 1 is 1.29 bits per heavy atom. The molecule has 0 aliphatic heterocycles. The fourth-order valence-electron chi connectivity index (χ4n) is 1.25. The van der Waals surface area contributed by atoms with Crippen molar-refractivity contribution in [3.8, 4) is 0 Å². The smallest absolute Gasteiger partial charge is 0.422 e. The number of amides is 1. The number of carbonyl (C=O) groups is 1. The predicted molar refractivity (Wildman–Crippen MR) is 64.5 cm³/mol. The predicted octanol–water partition coefficient (Wildman–Crippen LogP) is 0.0812. The number of ether oxygens (including phenoxy) is 1. The highest BCUT2D eigenvalue weighted by atomic mass is 32.2. The molecule has 7 nitrogen and oxygen atoms in total. The van der Waals surface area contributed by atoms with Gasteiger partial charge in [0.05, 0.1) is 6.10 Å². The lowest BCUT2D eigenvalue weighted by Crippen LogP contribution is -2.45. The molecule has 0 spiro atoms. The second-order valence-electron chi connectivity index (χ2n) is 4.29. The van der Waals surface area contributed by atoms with Gasteiger partial charge in [-0.1, -0.05) is 0 Å². The van der Waals surface area contributed by atoms with Crippen LogP contribution in [-0.4, -0.2) is 32.7 Å². The monoisotopic (exact) mass is 267 g/mol. The highest BCUT2D eigenvalue weighted by molar-refractivity contribution is 7.88. The van der Waals surface area contributed by atoms with Crippen LogP contribution in [0.2, 0.25) is 0 Å². The van der Waals surface area contributed by atoms with Gasteiger partial charge in [-0.15, -0.1) is 0 Å². The Hall–Kier alpha value is -0.860. The Balaban J connectivity index is 4.25. The molecule has 2 atom stereocenters. The van der Waals surface area contributed by atoms with Crippen molar-refractivity contribution in [3.63, 3.8) is 0 Å². The Labute approximate surface area is 102 Å². The van der Waals surface area contributed by atoms with Gasteiger partial charge >= 0.3 is 16.3 Å². The summed E-state index contributed by atoms with van der Waals surface area (Å²) in [6.07, 6.45) is -0.910. The van der Waals surface area contributed by atoms with E-state index in [4.69, 9.17) is 5.73 Å². The normalized spacial score (nSPS) is 15.4. The molecule has 0 aromatic carbocycles. The van der Waals surface area contributed by atoms with Crippen molar-refractivity contribution in [1.82, 2.24) is 9.44 Å². The maximum absolute atomic E-state index is 11.5. The fraction of sp³-hybridized carbons (Fsp3) is 0.889. The van der Waals surface area contributed by atoms with Crippen LogP contribution in [0, 0.1) is 0 Å². The molecule has 0 aliphatic rings. The topological polar surface area (TPSA) is 111 Å². The quantitative estimate of drug-likeness (QED) is 0.631. The van der Waals surface area contributed by atoms with Crippen LogP contribution < -0.4 is 15.2 Å². The summed E-state index contributed by atoms with van der Waals surface area (Å²) in [5.41, 5.74) is 5.53. The molecule has 0 fully saturated rings. The number of nitrogens with two attached hydrogens (primary N) is 1. The van der Waals surface area contributed by atoms with Crippen LogP contribution >= 0.6 is 0 Å². The molecule has 8 heteroatoms. The fourth-order valence-corrected chi connectivity index (χ4v) is 2.20. The number of hydrogen-bond acceptors (Lipinski definition) is 5. The molecule has 0 radical (unpaired) electrons. The van der Waals surface area contributed by atoms with Gasteiger partial charge in [0.2, 0.25) is 0 Å². The SMILES string of the molecule is CC(N)CC(C)NS(=O)(=O)NC(=O)OC(C)C. The van der Waals surface area contributed by atoms with Crippen molar-refractivity contribution in [3.05, 3.63) is 0 Å². The largest absolute Gasteiger partial charge is 0.446 e. The van der Waals surface area contributed by atoms with Crippen molar-refractivity contribution in [2.45, 2.75) is 52.3 Å². The van der Waals surface area contributed by atoms with E-state index in [1.165, 1.54) is 0 Å². The molecule has 4 N–H and O–H groups in total. The lowest BCUT2D eigenvalue weighted by Gasteiger charge is -2.16. The minimum absolute atomic E-state index is 0.129. The van der Waals surface area contributed by atoms with Gasteiger partial charge in [-0.25, -0.2) is 9.52 Å². The number of rotatable bonds is 6. The third-order valence-corrected chi connectivity index (χ3v) is 2.79. The first kappa shape index (κ1) is 16.1. The van der Waals surface area contributed by atoms with E-state index in [9.17, 15) is 13.2 Å². The first-order valence-electron chi connectivity index (χ1n) is 5.38. The summed E-state index contributed by atoms with van der Waals surface area (Å²) < 4.78 is 31.6. The van der Waals surface area contributed by atoms with Crippen LogP contribution in [0.4, 0.5) is 4.79 Å². The van der Waals surface area contributed by atoms with Gasteiger partial charge in [-0.3, -0.25) is 0 Å². The number of nitrogens with one attached hydrogen (secondary N) is 2. The van der Waals surface area contributed by atoms with Gasteiger partial charge in [0.15, 0.2) is 0 Å². The third kappa shape index (κ3) is 8.90. The summed E-state index contributed by atoms with van der Waals surface area (Å²) in [5, 5.41) is 0. The first-order valence-corrected chi connectivity index (χ1v) is 6.87. The summed E-state index contributed by atoms with van der Waals surface area (Å²) in [7, 11) is -3.90. The standard InChI is InChI=1S/C9H21N3O4S/c1-6(2)16-9(13)12-17(14,15)11-8(4)5-7(3)10/h6-8,11H,5,10H2,1-4H3,(H,12,13). The summed E-state index contributed by atoms with van der Waals surface area (Å²) in [5.74, 6) is 0. The Bertz CT molecular complexity index is 340. The number of hydrogen-bond donors (Lipinski definition) is 3. The summed E-state index contributed by atoms with van der Waals surface area (Å²) in [4.78, 5) is 11.1. The van der Waals surface area contributed by atoms with Gasteiger partial charge in [0.25, 0.3) is 0 Å². The van der Waals surface area contributed by atoms with E-state index in [1.807, 2.05) is 0 Å². The molecule has 0 aromatic rings. The molecule has 0 rings (SSSR count). The van der Waals surface area contributed by atoms with E-state index >= 15 is 0 Å². The third-order valence-electron chi connectivity index (χ3n) is 1.64. The molecular formula is C9H21N3O4S. The van der Waals surface area contributed by atoms with Gasteiger partial charge < -0.3 is 10.5 Å². The molecule has 1 amide bonds. The van der Waals surface area contributed by atoms with Crippen LogP contribution in [-0.2, 0) is 14.9 Å². The zero-order valence-corrected chi connectivity index (χ0v) is 11.4. The molecule has 17 heavy (non-hydrogen) atoms. The lowest BCUT2D eigenvalue weighted by atomic mass is 10.1. The molecule has 2 unspecified atom stereocenters. The second-order valence-corrected chi connectivity index (χ2v) is 5.74. The minimum atomic E-state index is -3.90. The average Bonchev–Trinajstić information content (AvgIpc) is 1.95. The van der Waals surface area contributed by atoms with Crippen molar-refractivity contribution in [1.29, 1.82) is 0 Å². The van der Waals surface area contributed by atoms with Gasteiger partial charge in [0.1, 0.15) is 0 Å². The second kappa shape index (κ2) is 6.77. The van der Waals surface area contributed by atoms with Crippen LogP contribution in [0.1, 0.15) is 34.1 Å². The molecule has 0 aliphatic carbocycles. The highest BCUT2D eigenvalue weighted by Gasteiger charge is 2.19. The Morgan fingerprint density at radius 2 is 1.82 bits per heavy atom. The zero-order valence-electron chi connectivity index (χ0n) is 10.6. The van der Waals surface area contributed by atoms with E-state index in [0.717, 1.165) is 0 Å². The molecule has 0 saturated heterocycles. The molecule has 0 aromatic heterocycles. The van der Waals surface area contributed by atoms with E-state index < -0.39 is 16.3 Å². The van der Waals surface area contributed by atoms with Crippen molar-refractivity contribution in [2.75, 3.05) is 0 Å².